The minimum absolute atomic E-state index is 0.00579. The van der Waals surface area contributed by atoms with E-state index in [-0.39, 0.29) is 22.6 Å². The molecule has 1 fully saturated rings. The second-order valence-corrected chi connectivity index (χ2v) is 9.27. The van der Waals surface area contributed by atoms with Crippen molar-refractivity contribution in [3.05, 3.63) is 35.6 Å². The lowest BCUT2D eigenvalue weighted by Gasteiger charge is -2.41. The van der Waals surface area contributed by atoms with Crippen LogP contribution in [0.25, 0.3) is 22.4 Å². The van der Waals surface area contributed by atoms with E-state index in [4.69, 9.17) is 23.9 Å². The van der Waals surface area contributed by atoms with Crippen molar-refractivity contribution in [2.45, 2.75) is 52.0 Å². The second-order valence-electron chi connectivity index (χ2n) is 9.27. The van der Waals surface area contributed by atoms with Gasteiger partial charge >= 0.3 is 5.97 Å². The third-order valence-corrected chi connectivity index (χ3v) is 6.36. The Kier molecular flexibility index (Phi) is 7.68. The molecular formula is C27H33FN2O6. The average molecular weight is 501 g/mol. The van der Waals surface area contributed by atoms with E-state index in [0.717, 1.165) is 25.7 Å². The largest absolute Gasteiger partial charge is 0.493 e. The molecule has 194 valence electrons. The average Bonchev–Trinajstić information content (AvgIpc) is 3.23. The summed E-state index contributed by atoms with van der Waals surface area (Å²) in [5, 5.41) is 9.54. The van der Waals surface area contributed by atoms with Gasteiger partial charge in [-0.2, -0.15) is 0 Å². The predicted octanol–water partition coefficient (Wildman–Crippen LogP) is 5.65. The van der Waals surface area contributed by atoms with Crippen LogP contribution in [-0.2, 0) is 10.3 Å². The molecule has 8 nitrogen and oxygen atoms in total. The zero-order chi connectivity index (χ0) is 25.9. The first-order chi connectivity index (χ1) is 17.3. The fourth-order valence-electron chi connectivity index (χ4n) is 4.27. The van der Waals surface area contributed by atoms with Gasteiger partial charge in [-0.05, 0) is 44.0 Å². The molecule has 2 aromatic carbocycles. The van der Waals surface area contributed by atoms with E-state index in [1.54, 1.807) is 18.2 Å². The molecule has 0 amide bonds. The van der Waals surface area contributed by atoms with Crippen molar-refractivity contribution in [3.8, 4) is 28.6 Å². The number of aromatic nitrogens is 2. The van der Waals surface area contributed by atoms with E-state index in [0.29, 0.717) is 49.0 Å². The van der Waals surface area contributed by atoms with E-state index < -0.39 is 17.3 Å². The van der Waals surface area contributed by atoms with Gasteiger partial charge < -0.3 is 28.6 Å². The van der Waals surface area contributed by atoms with Crippen LogP contribution in [-0.4, -0.2) is 54.2 Å². The Morgan fingerprint density at radius 3 is 2.36 bits per heavy atom. The SMILES string of the molecule is CCCCOc1c(OC)cc(-c2nc3ccc(C(=O)O)cc3n2C2(C)COC2)c(F)c1OCCCC. The first kappa shape index (κ1) is 25.8. The normalized spacial score (nSPS) is 14.5. The lowest BCUT2D eigenvalue weighted by molar-refractivity contribution is -0.0868. The minimum Gasteiger partial charge on any atom is -0.493 e. The molecule has 1 saturated heterocycles. The van der Waals surface area contributed by atoms with E-state index in [1.165, 1.54) is 13.2 Å². The molecule has 0 unspecified atom stereocenters. The van der Waals surface area contributed by atoms with Crippen LogP contribution in [0.2, 0.25) is 0 Å². The van der Waals surface area contributed by atoms with Crippen molar-refractivity contribution in [1.82, 2.24) is 9.55 Å². The molecule has 1 aliphatic rings. The lowest BCUT2D eigenvalue weighted by Crippen LogP contribution is -2.49. The number of carbonyl (C=O) groups is 1. The van der Waals surface area contributed by atoms with Crippen LogP contribution in [0.4, 0.5) is 4.39 Å². The number of imidazole rings is 1. The summed E-state index contributed by atoms with van der Waals surface area (Å²) in [6.45, 7) is 7.57. The fraction of sp³-hybridized carbons (Fsp3) is 0.481. The Morgan fingerprint density at radius 2 is 1.81 bits per heavy atom. The van der Waals surface area contributed by atoms with Crippen molar-refractivity contribution in [2.24, 2.45) is 0 Å². The smallest absolute Gasteiger partial charge is 0.335 e. The predicted molar refractivity (Wildman–Crippen MR) is 134 cm³/mol. The summed E-state index contributed by atoms with van der Waals surface area (Å²) in [6.07, 6.45) is 3.38. The monoisotopic (exact) mass is 500 g/mol. The molecule has 0 saturated carbocycles. The summed E-state index contributed by atoms with van der Waals surface area (Å²) < 4.78 is 41.1. The van der Waals surface area contributed by atoms with Crippen molar-refractivity contribution in [1.29, 1.82) is 0 Å². The Labute approximate surface area is 209 Å². The molecule has 9 heteroatoms. The number of halogens is 1. The maximum absolute atomic E-state index is 16.3. The highest BCUT2D eigenvalue weighted by atomic mass is 19.1. The maximum Gasteiger partial charge on any atom is 0.335 e. The number of rotatable bonds is 12. The first-order valence-electron chi connectivity index (χ1n) is 12.3. The standard InChI is InChI=1S/C27H33FN2O6/c1-5-7-11-35-23-21(33-4)14-18(22(28)24(23)36-12-8-6-2)25-29-19-10-9-17(26(31)32)13-20(19)30(25)27(3)15-34-16-27/h9-10,13-14H,5-8,11-12,15-16H2,1-4H3,(H,31,32). The van der Waals surface area contributed by atoms with Gasteiger partial charge in [-0.1, -0.05) is 26.7 Å². The lowest BCUT2D eigenvalue weighted by atomic mass is 9.98. The molecule has 4 rings (SSSR count). The number of hydrogen-bond acceptors (Lipinski definition) is 6. The van der Waals surface area contributed by atoms with Crippen LogP contribution in [0.5, 0.6) is 17.2 Å². The van der Waals surface area contributed by atoms with Gasteiger partial charge in [0.2, 0.25) is 11.5 Å². The molecule has 0 radical (unpaired) electrons. The summed E-state index contributed by atoms with van der Waals surface area (Å²) in [5.74, 6) is -0.735. The van der Waals surface area contributed by atoms with E-state index in [2.05, 4.69) is 0 Å². The Hall–Kier alpha value is -3.33. The minimum atomic E-state index is -1.05. The molecular weight excluding hydrogens is 467 g/mol. The zero-order valence-corrected chi connectivity index (χ0v) is 21.2. The molecule has 0 bridgehead atoms. The molecule has 0 spiro atoms. The van der Waals surface area contributed by atoms with Gasteiger partial charge in [-0.15, -0.1) is 0 Å². The molecule has 0 aliphatic carbocycles. The van der Waals surface area contributed by atoms with Crippen LogP contribution in [0.1, 0.15) is 56.8 Å². The van der Waals surface area contributed by atoms with Gasteiger partial charge in [0.15, 0.2) is 11.6 Å². The highest BCUT2D eigenvalue weighted by Gasteiger charge is 2.40. The number of nitrogens with zero attached hydrogens (tertiary/aromatic N) is 2. The number of carboxylic acids is 1. The number of methoxy groups -OCH3 is 1. The summed E-state index contributed by atoms with van der Waals surface area (Å²) >= 11 is 0. The Morgan fingerprint density at radius 1 is 1.14 bits per heavy atom. The van der Waals surface area contributed by atoms with Gasteiger partial charge in [0.25, 0.3) is 0 Å². The maximum atomic E-state index is 16.3. The zero-order valence-electron chi connectivity index (χ0n) is 21.2. The number of hydrogen-bond donors (Lipinski definition) is 1. The summed E-state index contributed by atoms with van der Waals surface area (Å²) in [4.78, 5) is 16.4. The number of benzene rings is 2. The van der Waals surface area contributed by atoms with E-state index in [1.807, 2.05) is 25.3 Å². The highest BCUT2D eigenvalue weighted by molar-refractivity contribution is 5.93. The number of carboxylic acid groups (broad SMARTS) is 1. The Balaban J connectivity index is 1.94. The van der Waals surface area contributed by atoms with Gasteiger partial charge in [0, 0.05) is 0 Å². The molecule has 1 aromatic heterocycles. The van der Waals surface area contributed by atoms with E-state index >= 15 is 4.39 Å². The number of aromatic carboxylic acids is 1. The van der Waals surface area contributed by atoms with Crippen molar-refractivity contribution >= 4 is 17.0 Å². The van der Waals surface area contributed by atoms with Crippen molar-refractivity contribution < 1.29 is 33.2 Å². The highest BCUT2D eigenvalue weighted by Crippen LogP contribution is 2.46. The van der Waals surface area contributed by atoms with E-state index in [9.17, 15) is 9.90 Å². The van der Waals surface area contributed by atoms with Gasteiger partial charge in [0.05, 0.1) is 61.2 Å². The topological polar surface area (TPSA) is 92.0 Å². The molecule has 36 heavy (non-hydrogen) atoms. The van der Waals surface area contributed by atoms with Crippen LogP contribution >= 0.6 is 0 Å². The molecule has 1 aliphatic heterocycles. The molecule has 0 atom stereocenters. The van der Waals surface area contributed by atoms with Crippen LogP contribution in [0, 0.1) is 5.82 Å². The van der Waals surface area contributed by atoms with Crippen molar-refractivity contribution in [2.75, 3.05) is 33.5 Å². The van der Waals surface area contributed by atoms with Crippen LogP contribution < -0.4 is 14.2 Å². The van der Waals surface area contributed by atoms with Gasteiger partial charge in [0.1, 0.15) is 5.82 Å². The van der Waals surface area contributed by atoms with Crippen molar-refractivity contribution in [3.63, 3.8) is 0 Å². The summed E-state index contributed by atoms with van der Waals surface area (Å²) in [6, 6.07) is 6.26. The Bertz CT molecular complexity index is 1250. The van der Waals surface area contributed by atoms with Crippen LogP contribution in [0.3, 0.4) is 0 Å². The third kappa shape index (κ3) is 4.72. The van der Waals surface area contributed by atoms with Crippen LogP contribution in [0.15, 0.2) is 24.3 Å². The van der Waals surface area contributed by atoms with Gasteiger partial charge in [-0.3, -0.25) is 0 Å². The molecule has 1 N–H and O–H groups in total. The number of fused-ring (bicyclic) bond motifs is 1. The second kappa shape index (κ2) is 10.7. The fourth-order valence-corrected chi connectivity index (χ4v) is 4.27. The first-order valence-corrected chi connectivity index (χ1v) is 12.3. The summed E-state index contributed by atoms with van der Waals surface area (Å²) in [5.41, 5.74) is 0.923. The number of ether oxygens (including phenoxy) is 4. The quantitative estimate of drug-likeness (QED) is 0.321. The number of unbranched alkanes of at least 4 members (excludes halogenated alkanes) is 2. The third-order valence-electron chi connectivity index (χ3n) is 6.36. The molecule has 2 heterocycles. The summed E-state index contributed by atoms with van der Waals surface area (Å²) in [7, 11) is 1.50. The molecule has 3 aromatic rings. The van der Waals surface area contributed by atoms with Gasteiger partial charge in [-0.25, -0.2) is 14.2 Å².